The third-order valence-corrected chi connectivity index (χ3v) is 4.55. The lowest BCUT2D eigenvalue weighted by molar-refractivity contribution is 0.521. The van der Waals surface area contributed by atoms with Crippen molar-refractivity contribution in [3.05, 3.63) is 30.3 Å². The van der Waals surface area contributed by atoms with Crippen molar-refractivity contribution < 1.29 is 4.21 Å². The van der Waals surface area contributed by atoms with Crippen molar-refractivity contribution in [2.24, 2.45) is 0 Å². The summed E-state index contributed by atoms with van der Waals surface area (Å²) in [6, 6.07) is 9.07. The molecule has 1 fully saturated rings. The zero-order valence-electron chi connectivity index (χ0n) is 7.19. The van der Waals surface area contributed by atoms with Crippen LogP contribution in [0.5, 0.6) is 0 Å². The number of hydrogen-bond acceptors (Lipinski definition) is 3. The van der Waals surface area contributed by atoms with Crippen LogP contribution >= 0.6 is 0 Å². The monoisotopic (exact) mass is 196 g/mol. The van der Waals surface area contributed by atoms with Gasteiger partial charge in [0.25, 0.3) is 0 Å². The molecule has 2 N–H and O–H groups in total. The number of nitrogens with one attached hydrogen (secondary N) is 2. The fourth-order valence-electron chi connectivity index (χ4n) is 1.31. The van der Waals surface area contributed by atoms with Crippen LogP contribution in [-0.2, 0) is 9.73 Å². The van der Waals surface area contributed by atoms with Crippen molar-refractivity contribution in [2.75, 3.05) is 13.1 Å². The molecule has 1 aliphatic heterocycles. The van der Waals surface area contributed by atoms with Crippen LogP contribution in [0.3, 0.4) is 0 Å². The van der Waals surface area contributed by atoms with Crippen molar-refractivity contribution in [1.82, 2.24) is 5.32 Å². The smallest absolute Gasteiger partial charge is 0.0780 e. The van der Waals surface area contributed by atoms with Gasteiger partial charge in [-0.3, -0.25) is 0 Å². The Balaban J connectivity index is 2.35. The van der Waals surface area contributed by atoms with E-state index in [-0.39, 0.29) is 5.25 Å². The lowest BCUT2D eigenvalue weighted by Crippen LogP contribution is -2.51. The van der Waals surface area contributed by atoms with Crippen molar-refractivity contribution in [1.29, 1.82) is 4.78 Å². The van der Waals surface area contributed by atoms with Gasteiger partial charge < -0.3 is 5.32 Å². The van der Waals surface area contributed by atoms with Gasteiger partial charge in [0.05, 0.1) is 15.0 Å². The van der Waals surface area contributed by atoms with E-state index in [2.05, 4.69) is 5.32 Å². The van der Waals surface area contributed by atoms with Crippen molar-refractivity contribution >= 4 is 9.73 Å². The molecular formula is C9H12N2OS. The maximum Gasteiger partial charge on any atom is 0.0780 e. The Morgan fingerprint density at radius 1 is 1.31 bits per heavy atom. The highest BCUT2D eigenvalue weighted by atomic mass is 32.2. The van der Waals surface area contributed by atoms with E-state index in [1.54, 1.807) is 12.1 Å². The first-order valence-corrected chi connectivity index (χ1v) is 5.87. The standard InChI is InChI=1S/C9H12N2OS/c10-13(12,9-6-11-7-9)8-4-2-1-3-5-8/h1-5,9-11H,6-7H2. The molecule has 1 aromatic carbocycles. The summed E-state index contributed by atoms with van der Waals surface area (Å²) in [4.78, 5) is 0.654. The molecule has 3 nitrogen and oxygen atoms in total. The molecule has 1 aliphatic rings. The third-order valence-electron chi connectivity index (χ3n) is 2.31. The van der Waals surface area contributed by atoms with Gasteiger partial charge in [-0.25, -0.2) is 8.99 Å². The van der Waals surface area contributed by atoms with Crippen molar-refractivity contribution in [2.45, 2.75) is 10.1 Å². The van der Waals surface area contributed by atoms with Gasteiger partial charge in [0, 0.05) is 18.0 Å². The van der Waals surface area contributed by atoms with Gasteiger partial charge >= 0.3 is 0 Å². The SMILES string of the molecule is N=S(=O)(c1ccccc1)C1CNC1. The van der Waals surface area contributed by atoms with Gasteiger partial charge in [-0.2, -0.15) is 0 Å². The van der Waals surface area contributed by atoms with Crippen LogP contribution in [0.25, 0.3) is 0 Å². The van der Waals surface area contributed by atoms with Crippen molar-refractivity contribution in [3.8, 4) is 0 Å². The highest BCUT2D eigenvalue weighted by molar-refractivity contribution is 7.93. The Morgan fingerprint density at radius 3 is 2.38 bits per heavy atom. The quantitative estimate of drug-likeness (QED) is 0.743. The van der Waals surface area contributed by atoms with Crippen molar-refractivity contribution in [3.63, 3.8) is 0 Å². The van der Waals surface area contributed by atoms with Crippen LogP contribution in [0.15, 0.2) is 35.2 Å². The van der Waals surface area contributed by atoms with E-state index in [1.165, 1.54) is 0 Å². The molecule has 1 aromatic rings. The number of hydrogen-bond donors (Lipinski definition) is 2. The molecule has 13 heavy (non-hydrogen) atoms. The molecule has 0 aliphatic carbocycles. The first-order chi connectivity index (χ1) is 6.21. The summed E-state index contributed by atoms with van der Waals surface area (Å²) in [5.74, 6) is 0. The summed E-state index contributed by atoms with van der Waals surface area (Å²) in [5, 5.41) is 3.03. The number of rotatable bonds is 2. The molecular weight excluding hydrogens is 184 g/mol. The fourth-order valence-corrected chi connectivity index (χ4v) is 2.96. The number of benzene rings is 1. The molecule has 1 atom stereocenters. The van der Waals surface area contributed by atoms with E-state index >= 15 is 0 Å². The minimum Gasteiger partial charge on any atom is -0.314 e. The highest BCUT2D eigenvalue weighted by Crippen LogP contribution is 2.18. The highest BCUT2D eigenvalue weighted by Gasteiger charge is 2.28. The molecule has 2 rings (SSSR count). The normalized spacial score (nSPS) is 21.8. The van der Waals surface area contributed by atoms with Crippen LogP contribution in [0, 0.1) is 4.78 Å². The van der Waals surface area contributed by atoms with Gasteiger partial charge in [-0.05, 0) is 12.1 Å². The van der Waals surface area contributed by atoms with E-state index in [4.69, 9.17) is 4.78 Å². The van der Waals surface area contributed by atoms with Gasteiger partial charge in [-0.15, -0.1) is 0 Å². The van der Waals surface area contributed by atoms with Gasteiger partial charge in [0.15, 0.2) is 0 Å². The van der Waals surface area contributed by atoms with E-state index in [0.717, 1.165) is 0 Å². The first kappa shape index (κ1) is 8.72. The molecule has 1 saturated heterocycles. The molecule has 70 valence electrons. The van der Waals surface area contributed by atoms with E-state index in [0.29, 0.717) is 18.0 Å². The van der Waals surface area contributed by atoms with Crippen LogP contribution < -0.4 is 5.32 Å². The molecule has 0 radical (unpaired) electrons. The predicted octanol–water partition coefficient (Wildman–Crippen LogP) is 1.06. The third kappa shape index (κ3) is 1.47. The first-order valence-electron chi connectivity index (χ1n) is 4.24. The van der Waals surface area contributed by atoms with E-state index < -0.39 is 9.73 Å². The second-order valence-electron chi connectivity index (χ2n) is 3.19. The lowest BCUT2D eigenvalue weighted by Gasteiger charge is -2.28. The second kappa shape index (κ2) is 3.12. The molecule has 0 spiro atoms. The average Bonchev–Trinajstić information content (AvgIpc) is 2.02. The lowest BCUT2D eigenvalue weighted by atomic mass is 10.3. The summed E-state index contributed by atoms with van der Waals surface area (Å²) >= 11 is 0. The molecule has 4 heteroatoms. The Kier molecular flexibility index (Phi) is 2.09. The van der Waals surface area contributed by atoms with Gasteiger partial charge in [0.1, 0.15) is 0 Å². The Morgan fingerprint density at radius 2 is 1.92 bits per heavy atom. The molecule has 0 saturated carbocycles. The summed E-state index contributed by atoms with van der Waals surface area (Å²) in [6.07, 6.45) is 0. The van der Waals surface area contributed by atoms with Crippen LogP contribution in [0.1, 0.15) is 0 Å². The van der Waals surface area contributed by atoms with E-state index in [1.807, 2.05) is 18.2 Å². The maximum absolute atomic E-state index is 12.0. The summed E-state index contributed by atoms with van der Waals surface area (Å²) in [5.41, 5.74) is 0. The van der Waals surface area contributed by atoms with Gasteiger partial charge in [-0.1, -0.05) is 18.2 Å². The van der Waals surface area contributed by atoms with Crippen LogP contribution in [0.4, 0.5) is 0 Å². The van der Waals surface area contributed by atoms with Crippen LogP contribution in [0.2, 0.25) is 0 Å². The minimum absolute atomic E-state index is 0.00472. The molecule has 1 heterocycles. The van der Waals surface area contributed by atoms with Crippen LogP contribution in [-0.4, -0.2) is 22.5 Å². The Hall–Kier alpha value is -0.870. The molecule has 0 aromatic heterocycles. The zero-order chi connectivity index (χ0) is 9.31. The predicted molar refractivity (Wildman–Crippen MR) is 52.2 cm³/mol. The van der Waals surface area contributed by atoms with Gasteiger partial charge in [0.2, 0.25) is 0 Å². The topological polar surface area (TPSA) is 53.0 Å². The Bertz CT molecular complexity index is 381. The summed E-state index contributed by atoms with van der Waals surface area (Å²) in [7, 11) is -2.56. The van der Waals surface area contributed by atoms with E-state index in [9.17, 15) is 4.21 Å². The molecule has 0 bridgehead atoms. The largest absolute Gasteiger partial charge is 0.314 e. The average molecular weight is 196 g/mol. The zero-order valence-corrected chi connectivity index (χ0v) is 8.01. The summed E-state index contributed by atoms with van der Waals surface area (Å²) < 4.78 is 19.8. The molecule has 1 unspecified atom stereocenters. The second-order valence-corrected chi connectivity index (χ2v) is 5.53. The minimum atomic E-state index is -2.56. The Labute approximate surface area is 78.1 Å². The fraction of sp³-hybridized carbons (Fsp3) is 0.333. The molecule has 0 amide bonds. The summed E-state index contributed by atoms with van der Waals surface area (Å²) in [6.45, 7) is 1.41. The maximum atomic E-state index is 12.0.